The number of hydrogen-bond donors (Lipinski definition) is 0. The standard InChI is InChI=1S/C19H20FN3OS.ClH/c1-13-7-9-14(10-8-13)18(24)23(12-11-22(2)3)19-21-17-15(20)5-4-6-16(17)25-19;/h4-10H,11-12H2,1-3H3;1H. The highest BCUT2D eigenvalue weighted by Gasteiger charge is 2.22. The molecule has 0 radical (unpaired) electrons. The number of thiazole rings is 1. The van der Waals surface area contributed by atoms with Crippen LogP contribution in [-0.2, 0) is 0 Å². The van der Waals surface area contributed by atoms with E-state index in [1.165, 1.54) is 17.4 Å². The molecular weight excluding hydrogens is 373 g/mol. The van der Waals surface area contributed by atoms with E-state index in [0.717, 1.165) is 10.3 Å². The van der Waals surface area contributed by atoms with Gasteiger partial charge in [-0.25, -0.2) is 9.37 Å². The van der Waals surface area contributed by atoms with Crippen molar-refractivity contribution in [3.63, 3.8) is 0 Å². The largest absolute Gasteiger partial charge is 0.308 e. The number of carbonyl (C=O) groups excluding carboxylic acids is 1. The molecule has 2 aromatic carbocycles. The average Bonchev–Trinajstić information content (AvgIpc) is 3.00. The molecular formula is C19H21ClFN3OS. The molecule has 0 saturated carbocycles. The van der Waals surface area contributed by atoms with Crippen molar-refractivity contribution >= 4 is 45.0 Å². The van der Waals surface area contributed by atoms with Crippen molar-refractivity contribution in [1.82, 2.24) is 9.88 Å². The fourth-order valence-electron chi connectivity index (χ4n) is 2.45. The number of carbonyl (C=O) groups is 1. The second-order valence-electron chi connectivity index (χ2n) is 6.21. The summed E-state index contributed by atoms with van der Waals surface area (Å²) in [5, 5.41) is 0.521. The molecule has 1 amide bonds. The lowest BCUT2D eigenvalue weighted by molar-refractivity contribution is 0.0985. The fourth-order valence-corrected chi connectivity index (χ4v) is 3.46. The molecule has 0 spiro atoms. The van der Waals surface area contributed by atoms with Gasteiger partial charge in [-0.15, -0.1) is 12.4 Å². The number of nitrogens with zero attached hydrogens (tertiary/aromatic N) is 3. The molecule has 0 atom stereocenters. The maximum atomic E-state index is 14.0. The summed E-state index contributed by atoms with van der Waals surface area (Å²) >= 11 is 1.33. The predicted octanol–water partition coefficient (Wildman–Crippen LogP) is 4.37. The number of aromatic nitrogens is 1. The number of fused-ring (bicyclic) bond motifs is 1. The lowest BCUT2D eigenvalue weighted by Crippen LogP contribution is -2.36. The first-order valence-electron chi connectivity index (χ1n) is 8.04. The predicted molar refractivity (Wildman–Crippen MR) is 108 cm³/mol. The molecule has 0 aliphatic heterocycles. The lowest BCUT2D eigenvalue weighted by Gasteiger charge is -2.22. The van der Waals surface area contributed by atoms with Crippen LogP contribution in [-0.4, -0.2) is 43.0 Å². The first-order valence-corrected chi connectivity index (χ1v) is 8.85. The Morgan fingerprint density at radius 3 is 2.42 bits per heavy atom. The molecule has 0 aliphatic carbocycles. The zero-order chi connectivity index (χ0) is 18.0. The van der Waals surface area contributed by atoms with E-state index >= 15 is 0 Å². The van der Waals surface area contributed by atoms with Gasteiger partial charge in [0.25, 0.3) is 5.91 Å². The van der Waals surface area contributed by atoms with Crippen molar-refractivity contribution in [2.24, 2.45) is 0 Å². The fraction of sp³-hybridized carbons (Fsp3) is 0.263. The van der Waals surface area contributed by atoms with Crippen LogP contribution in [0.1, 0.15) is 15.9 Å². The van der Waals surface area contributed by atoms with Gasteiger partial charge >= 0.3 is 0 Å². The number of benzene rings is 2. The summed E-state index contributed by atoms with van der Waals surface area (Å²) in [6, 6.07) is 12.3. The quantitative estimate of drug-likeness (QED) is 0.645. The van der Waals surface area contributed by atoms with Gasteiger partial charge < -0.3 is 4.90 Å². The molecule has 1 heterocycles. The maximum absolute atomic E-state index is 14.0. The van der Waals surface area contributed by atoms with E-state index in [-0.39, 0.29) is 24.1 Å². The highest BCUT2D eigenvalue weighted by Crippen LogP contribution is 2.31. The van der Waals surface area contributed by atoms with Gasteiger partial charge in [0.05, 0.1) is 4.70 Å². The van der Waals surface area contributed by atoms with Crippen LogP contribution in [0.25, 0.3) is 10.2 Å². The number of hydrogen-bond acceptors (Lipinski definition) is 4. The third kappa shape index (κ3) is 4.38. The molecule has 4 nitrogen and oxygen atoms in total. The Hall–Kier alpha value is -2.02. The van der Waals surface area contributed by atoms with Crippen LogP contribution < -0.4 is 4.90 Å². The minimum Gasteiger partial charge on any atom is -0.308 e. The topological polar surface area (TPSA) is 36.4 Å². The highest BCUT2D eigenvalue weighted by atomic mass is 35.5. The molecule has 0 saturated heterocycles. The Morgan fingerprint density at radius 1 is 1.12 bits per heavy atom. The third-order valence-electron chi connectivity index (χ3n) is 3.90. The van der Waals surface area contributed by atoms with Gasteiger partial charge in [-0.2, -0.15) is 0 Å². The van der Waals surface area contributed by atoms with Crippen molar-refractivity contribution < 1.29 is 9.18 Å². The summed E-state index contributed by atoms with van der Waals surface area (Å²) in [4.78, 5) is 21.0. The smallest absolute Gasteiger partial charge is 0.260 e. The number of amides is 1. The number of anilines is 1. The molecule has 0 aliphatic rings. The number of rotatable bonds is 5. The Balaban J connectivity index is 0.00000243. The maximum Gasteiger partial charge on any atom is 0.260 e. The molecule has 3 aromatic rings. The van der Waals surface area contributed by atoms with E-state index in [9.17, 15) is 9.18 Å². The van der Waals surface area contributed by atoms with E-state index in [2.05, 4.69) is 4.98 Å². The Morgan fingerprint density at radius 2 is 1.81 bits per heavy atom. The van der Waals surface area contributed by atoms with Crippen molar-refractivity contribution in [1.29, 1.82) is 0 Å². The molecule has 3 rings (SSSR count). The summed E-state index contributed by atoms with van der Waals surface area (Å²) < 4.78 is 14.7. The SMILES string of the molecule is Cc1ccc(C(=O)N(CCN(C)C)c2nc3c(F)cccc3s2)cc1.Cl. The van der Waals surface area contributed by atoms with Gasteiger partial charge in [-0.3, -0.25) is 9.69 Å². The van der Waals surface area contributed by atoms with E-state index in [4.69, 9.17) is 0 Å². The number of aryl methyl sites for hydroxylation is 1. The van der Waals surface area contributed by atoms with Crippen molar-refractivity contribution in [3.8, 4) is 0 Å². The number of likely N-dealkylation sites (N-methyl/N-ethyl adjacent to an activating group) is 1. The highest BCUT2D eigenvalue weighted by molar-refractivity contribution is 7.22. The summed E-state index contributed by atoms with van der Waals surface area (Å²) in [5.74, 6) is -0.489. The van der Waals surface area contributed by atoms with E-state index in [1.54, 1.807) is 11.0 Å². The summed E-state index contributed by atoms with van der Waals surface area (Å²) in [7, 11) is 3.90. The summed E-state index contributed by atoms with van der Waals surface area (Å²) in [6.45, 7) is 3.16. The van der Waals surface area contributed by atoms with Gasteiger partial charge in [0.1, 0.15) is 11.3 Å². The summed E-state index contributed by atoms with van der Waals surface area (Å²) in [5.41, 5.74) is 2.01. The first kappa shape index (κ1) is 20.3. The Bertz CT molecular complexity index is 895. The zero-order valence-corrected chi connectivity index (χ0v) is 16.5. The second-order valence-corrected chi connectivity index (χ2v) is 7.22. The monoisotopic (exact) mass is 393 g/mol. The molecule has 0 unspecified atom stereocenters. The van der Waals surface area contributed by atoms with Gasteiger partial charge in [-0.05, 0) is 45.3 Å². The van der Waals surface area contributed by atoms with Gasteiger partial charge in [0, 0.05) is 18.7 Å². The minimum atomic E-state index is -0.365. The van der Waals surface area contributed by atoms with Gasteiger partial charge in [0.2, 0.25) is 0 Å². The van der Waals surface area contributed by atoms with E-state index < -0.39 is 0 Å². The second kappa shape index (κ2) is 8.58. The molecule has 0 fully saturated rings. The molecule has 26 heavy (non-hydrogen) atoms. The molecule has 0 bridgehead atoms. The van der Waals surface area contributed by atoms with Gasteiger partial charge in [-0.1, -0.05) is 35.1 Å². The van der Waals surface area contributed by atoms with E-state index in [1.807, 2.05) is 56.3 Å². The summed E-state index contributed by atoms with van der Waals surface area (Å²) in [6.07, 6.45) is 0. The van der Waals surface area contributed by atoms with Crippen molar-refractivity contribution in [2.75, 3.05) is 32.1 Å². The first-order chi connectivity index (χ1) is 12.0. The van der Waals surface area contributed by atoms with Crippen LogP contribution in [0.5, 0.6) is 0 Å². The van der Waals surface area contributed by atoms with Crippen LogP contribution in [0.2, 0.25) is 0 Å². The minimum absolute atomic E-state index is 0. The Kier molecular flexibility index (Phi) is 6.69. The average molecular weight is 394 g/mol. The van der Waals surface area contributed by atoms with Crippen molar-refractivity contribution in [3.05, 3.63) is 59.4 Å². The van der Waals surface area contributed by atoms with Crippen LogP contribution in [0, 0.1) is 12.7 Å². The molecule has 7 heteroatoms. The van der Waals surface area contributed by atoms with Crippen LogP contribution in [0.4, 0.5) is 9.52 Å². The van der Waals surface area contributed by atoms with Crippen LogP contribution in [0.15, 0.2) is 42.5 Å². The Labute approximate surface area is 162 Å². The number of halogens is 2. The number of para-hydroxylation sites is 1. The van der Waals surface area contributed by atoms with Crippen molar-refractivity contribution in [2.45, 2.75) is 6.92 Å². The van der Waals surface area contributed by atoms with Crippen LogP contribution in [0.3, 0.4) is 0 Å². The molecule has 138 valence electrons. The lowest BCUT2D eigenvalue weighted by atomic mass is 10.1. The molecule has 1 aromatic heterocycles. The molecule has 0 N–H and O–H groups in total. The zero-order valence-electron chi connectivity index (χ0n) is 14.9. The van der Waals surface area contributed by atoms with Gasteiger partial charge in [0.15, 0.2) is 5.13 Å². The van der Waals surface area contributed by atoms with Crippen LogP contribution >= 0.6 is 23.7 Å². The normalized spacial score (nSPS) is 10.8. The van der Waals surface area contributed by atoms with E-state index in [0.29, 0.717) is 29.3 Å². The third-order valence-corrected chi connectivity index (χ3v) is 4.95.